The van der Waals surface area contributed by atoms with E-state index in [2.05, 4.69) is 15.3 Å². The Balaban J connectivity index is 1.69. The Morgan fingerprint density at radius 2 is 1.97 bits per heavy atom. The zero-order chi connectivity index (χ0) is 22.0. The van der Waals surface area contributed by atoms with Crippen molar-refractivity contribution in [2.45, 2.75) is 44.8 Å². The molecule has 1 N–H and O–H groups in total. The fourth-order valence-corrected chi connectivity index (χ4v) is 4.98. The van der Waals surface area contributed by atoms with Crippen molar-refractivity contribution in [1.82, 2.24) is 9.97 Å². The average Bonchev–Trinajstić information content (AvgIpc) is 3.13. The predicted molar refractivity (Wildman–Crippen MR) is 117 cm³/mol. The number of hydrogen-bond acceptors (Lipinski definition) is 8. The van der Waals surface area contributed by atoms with Gasteiger partial charge in [0.25, 0.3) is 0 Å². The van der Waals surface area contributed by atoms with Crippen LogP contribution < -0.4 is 10.1 Å². The monoisotopic (exact) mass is 445 g/mol. The van der Waals surface area contributed by atoms with Crippen molar-refractivity contribution in [1.29, 1.82) is 0 Å². The second kappa shape index (κ2) is 9.15. The van der Waals surface area contributed by atoms with Crippen LogP contribution in [0.1, 0.15) is 40.9 Å². The summed E-state index contributed by atoms with van der Waals surface area (Å²) in [6, 6.07) is 4.34. The highest BCUT2D eigenvalue weighted by atomic mass is 32.1. The van der Waals surface area contributed by atoms with Crippen LogP contribution in [-0.4, -0.2) is 42.4 Å². The summed E-state index contributed by atoms with van der Waals surface area (Å²) in [6.45, 7) is 1.83. The third kappa shape index (κ3) is 4.33. The van der Waals surface area contributed by atoms with Crippen LogP contribution in [0.25, 0.3) is 10.2 Å². The van der Waals surface area contributed by atoms with Gasteiger partial charge in [0.1, 0.15) is 39.5 Å². The standard InChI is InChI=1S/C22H24FN3O4S/c1-12-18-20(24-11-25-21(18)31-19(12)22(27)29-3)26-14-9-8-13(23)10-17(14)30-16-7-5-4-6-15(16)28-2/h8-11,15-16H,4-7H2,1-3H3,(H,24,25,26). The molecule has 0 spiro atoms. The molecule has 2 atom stereocenters. The van der Waals surface area contributed by atoms with Crippen LogP contribution in [-0.2, 0) is 9.47 Å². The van der Waals surface area contributed by atoms with Crippen molar-refractivity contribution in [3.05, 3.63) is 40.8 Å². The van der Waals surface area contributed by atoms with Gasteiger partial charge in [0.15, 0.2) is 0 Å². The fourth-order valence-electron chi connectivity index (χ4n) is 3.91. The molecule has 1 fully saturated rings. The molecule has 0 radical (unpaired) electrons. The normalized spacial score (nSPS) is 18.7. The van der Waals surface area contributed by atoms with E-state index in [9.17, 15) is 9.18 Å². The van der Waals surface area contributed by atoms with Crippen LogP contribution in [0.2, 0.25) is 0 Å². The van der Waals surface area contributed by atoms with Gasteiger partial charge in [-0.3, -0.25) is 0 Å². The summed E-state index contributed by atoms with van der Waals surface area (Å²) in [6.07, 6.45) is 5.13. The van der Waals surface area contributed by atoms with Gasteiger partial charge in [0.2, 0.25) is 0 Å². The maximum Gasteiger partial charge on any atom is 0.348 e. The molecule has 1 aliphatic rings. The molecule has 9 heteroatoms. The maximum atomic E-state index is 14.1. The van der Waals surface area contributed by atoms with E-state index in [0.717, 1.165) is 36.6 Å². The molecule has 4 rings (SSSR count). The minimum Gasteiger partial charge on any atom is -0.485 e. The first-order chi connectivity index (χ1) is 15.0. The molecule has 2 aromatic heterocycles. The lowest BCUT2D eigenvalue weighted by atomic mass is 9.94. The van der Waals surface area contributed by atoms with Gasteiger partial charge in [-0.25, -0.2) is 19.2 Å². The van der Waals surface area contributed by atoms with Gasteiger partial charge in [-0.15, -0.1) is 11.3 Å². The first-order valence-corrected chi connectivity index (χ1v) is 10.9. The van der Waals surface area contributed by atoms with Crippen LogP contribution in [0.5, 0.6) is 5.75 Å². The molecule has 0 bridgehead atoms. The number of esters is 1. The van der Waals surface area contributed by atoms with Crippen molar-refractivity contribution >= 4 is 39.0 Å². The number of anilines is 2. The lowest BCUT2D eigenvalue weighted by Crippen LogP contribution is -2.36. The number of aromatic nitrogens is 2. The van der Waals surface area contributed by atoms with Crippen LogP contribution in [0.3, 0.4) is 0 Å². The molecular formula is C22H24FN3O4S. The molecule has 1 aliphatic carbocycles. The topological polar surface area (TPSA) is 82.6 Å². The lowest BCUT2D eigenvalue weighted by molar-refractivity contribution is -0.0227. The van der Waals surface area contributed by atoms with E-state index in [4.69, 9.17) is 14.2 Å². The van der Waals surface area contributed by atoms with E-state index in [0.29, 0.717) is 27.0 Å². The number of nitrogens with one attached hydrogen (secondary N) is 1. The molecule has 0 saturated heterocycles. The number of aryl methyl sites for hydroxylation is 1. The first kappa shape index (κ1) is 21.5. The number of halogens is 1. The number of carbonyl (C=O) groups is 1. The van der Waals surface area contributed by atoms with E-state index in [1.54, 1.807) is 13.2 Å². The first-order valence-electron chi connectivity index (χ1n) is 10.1. The van der Waals surface area contributed by atoms with Gasteiger partial charge in [0.05, 0.1) is 24.3 Å². The van der Waals surface area contributed by atoms with Gasteiger partial charge >= 0.3 is 5.97 Å². The Bertz CT molecular complexity index is 1100. The number of benzene rings is 1. The van der Waals surface area contributed by atoms with Gasteiger partial charge in [-0.05, 0) is 43.9 Å². The highest BCUT2D eigenvalue weighted by Gasteiger charge is 2.28. The molecule has 2 heterocycles. The van der Waals surface area contributed by atoms with E-state index < -0.39 is 11.8 Å². The van der Waals surface area contributed by atoms with Crippen LogP contribution in [0.15, 0.2) is 24.5 Å². The molecule has 7 nitrogen and oxygen atoms in total. The number of rotatable bonds is 6. The molecule has 31 heavy (non-hydrogen) atoms. The van der Waals surface area contributed by atoms with E-state index in [-0.39, 0.29) is 12.2 Å². The summed E-state index contributed by atoms with van der Waals surface area (Å²) in [5, 5.41) is 3.97. The minimum absolute atomic E-state index is 0.0302. The van der Waals surface area contributed by atoms with Crippen molar-refractivity contribution < 1.29 is 23.4 Å². The van der Waals surface area contributed by atoms with E-state index in [1.807, 2.05) is 6.92 Å². The second-order valence-corrected chi connectivity index (χ2v) is 8.43. The largest absolute Gasteiger partial charge is 0.485 e. The van der Waals surface area contributed by atoms with Gasteiger partial charge in [-0.2, -0.15) is 0 Å². The number of nitrogens with zero attached hydrogens (tertiary/aromatic N) is 2. The zero-order valence-corrected chi connectivity index (χ0v) is 18.4. The van der Waals surface area contributed by atoms with Gasteiger partial charge < -0.3 is 19.5 Å². The molecule has 164 valence electrons. The Morgan fingerprint density at radius 1 is 1.19 bits per heavy atom. The lowest BCUT2D eigenvalue weighted by Gasteiger charge is -2.31. The quantitative estimate of drug-likeness (QED) is 0.534. The number of thiophene rings is 1. The predicted octanol–water partition coefficient (Wildman–Crippen LogP) is 5.01. The second-order valence-electron chi connectivity index (χ2n) is 7.43. The fraction of sp³-hybridized carbons (Fsp3) is 0.409. The molecular weight excluding hydrogens is 421 g/mol. The summed E-state index contributed by atoms with van der Waals surface area (Å²) in [4.78, 5) is 21.9. The Hall–Kier alpha value is -2.78. The Kier molecular flexibility index (Phi) is 6.33. The Labute approximate surface area is 183 Å². The summed E-state index contributed by atoms with van der Waals surface area (Å²) in [5.41, 5.74) is 1.30. The molecule has 0 amide bonds. The summed E-state index contributed by atoms with van der Waals surface area (Å²) >= 11 is 1.25. The number of fused-ring (bicyclic) bond motifs is 1. The number of ether oxygens (including phenoxy) is 3. The van der Waals surface area contributed by atoms with E-state index in [1.165, 1.54) is 36.9 Å². The Morgan fingerprint density at radius 3 is 2.71 bits per heavy atom. The van der Waals surface area contributed by atoms with Crippen LogP contribution in [0, 0.1) is 12.7 Å². The van der Waals surface area contributed by atoms with Crippen molar-refractivity contribution in [2.24, 2.45) is 0 Å². The highest BCUT2D eigenvalue weighted by Crippen LogP contribution is 2.37. The maximum absolute atomic E-state index is 14.1. The summed E-state index contributed by atoms with van der Waals surface area (Å²) in [5.74, 6) is 0.0945. The molecule has 0 aliphatic heterocycles. The molecule has 2 unspecified atom stereocenters. The van der Waals surface area contributed by atoms with Crippen LogP contribution >= 0.6 is 11.3 Å². The number of hydrogen-bond donors (Lipinski definition) is 1. The SMILES string of the molecule is COC(=O)c1sc2ncnc(Nc3ccc(F)cc3OC3CCCCC3OC)c2c1C. The van der Waals surface area contributed by atoms with Crippen molar-refractivity contribution in [3.8, 4) is 5.75 Å². The highest BCUT2D eigenvalue weighted by molar-refractivity contribution is 7.20. The summed E-state index contributed by atoms with van der Waals surface area (Å²) < 4.78 is 30.7. The average molecular weight is 446 g/mol. The van der Waals surface area contributed by atoms with Crippen molar-refractivity contribution in [3.63, 3.8) is 0 Å². The smallest absolute Gasteiger partial charge is 0.348 e. The third-order valence-corrected chi connectivity index (χ3v) is 6.70. The van der Waals surface area contributed by atoms with Gasteiger partial charge in [-0.1, -0.05) is 6.42 Å². The van der Waals surface area contributed by atoms with E-state index >= 15 is 0 Å². The molecule has 3 aromatic rings. The number of carbonyl (C=O) groups excluding carboxylic acids is 1. The van der Waals surface area contributed by atoms with Gasteiger partial charge in [0, 0.05) is 13.2 Å². The molecule has 1 saturated carbocycles. The van der Waals surface area contributed by atoms with Crippen molar-refractivity contribution in [2.75, 3.05) is 19.5 Å². The summed E-state index contributed by atoms with van der Waals surface area (Å²) in [7, 11) is 3.02. The molecule has 1 aromatic carbocycles. The third-order valence-electron chi connectivity index (χ3n) is 5.52. The zero-order valence-electron chi connectivity index (χ0n) is 17.6. The van der Waals surface area contributed by atoms with Crippen LogP contribution in [0.4, 0.5) is 15.9 Å². The number of methoxy groups -OCH3 is 2. The minimum atomic E-state index is -0.417.